The maximum atomic E-state index is 11.5. The van der Waals surface area contributed by atoms with Crippen LogP contribution in [0.15, 0.2) is 12.7 Å². The first kappa shape index (κ1) is 9.56. The number of alkyl halides is 2. The zero-order valence-electron chi connectivity index (χ0n) is 5.95. The highest BCUT2D eigenvalue weighted by Gasteiger charge is 1.99. The molecule has 0 atom stereocenters. The van der Waals surface area contributed by atoms with Crippen molar-refractivity contribution in [2.24, 2.45) is 0 Å². The van der Waals surface area contributed by atoms with Gasteiger partial charge in [0.25, 0.3) is 0 Å². The van der Waals surface area contributed by atoms with Gasteiger partial charge in [0.1, 0.15) is 0 Å². The van der Waals surface area contributed by atoms with Crippen LogP contribution in [0.3, 0.4) is 0 Å². The van der Waals surface area contributed by atoms with Crippen LogP contribution < -0.4 is 5.32 Å². The van der Waals surface area contributed by atoms with E-state index in [1.165, 1.54) is 0 Å². The second-order valence-electron chi connectivity index (χ2n) is 2.01. The van der Waals surface area contributed by atoms with Crippen molar-refractivity contribution in [1.82, 2.24) is 5.32 Å². The van der Waals surface area contributed by atoms with Gasteiger partial charge in [-0.1, -0.05) is 6.08 Å². The third kappa shape index (κ3) is 7.56. The van der Waals surface area contributed by atoms with Gasteiger partial charge in [-0.25, -0.2) is 8.78 Å². The first-order valence-corrected chi connectivity index (χ1v) is 3.37. The lowest BCUT2D eigenvalue weighted by Crippen LogP contribution is -2.18. The predicted molar refractivity (Wildman–Crippen MR) is 38.3 cm³/mol. The lowest BCUT2D eigenvalue weighted by molar-refractivity contribution is 0.137. The van der Waals surface area contributed by atoms with Gasteiger partial charge in [-0.2, -0.15) is 0 Å². The predicted octanol–water partition coefficient (Wildman–Crippen LogP) is 1.81. The number of hydrogen-bond donors (Lipinski definition) is 1. The van der Waals surface area contributed by atoms with E-state index in [1.54, 1.807) is 6.08 Å². The molecule has 1 nitrogen and oxygen atoms in total. The second-order valence-corrected chi connectivity index (χ2v) is 2.01. The van der Waals surface area contributed by atoms with E-state index in [9.17, 15) is 8.78 Å². The zero-order valence-corrected chi connectivity index (χ0v) is 5.95. The summed E-state index contributed by atoms with van der Waals surface area (Å²) in [6.45, 7) is 4.65. The monoisotopic (exact) mass is 149 g/mol. The van der Waals surface area contributed by atoms with Crippen LogP contribution in [-0.2, 0) is 0 Å². The van der Waals surface area contributed by atoms with Gasteiger partial charge in [0, 0.05) is 13.0 Å². The smallest absolute Gasteiger partial charge is 0.239 e. The lowest BCUT2D eigenvalue weighted by Gasteiger charge is -2.00. The van der Waals surface area contributed by atoms with Crippen LogP contribution in [0.4, 0.5) is 8.78 Å². The molecule has 0 aliphatic heterocycles. The summed E-state index contributed by atoms with van der Waals surface area (Å²) in [6.07, 6.45) is 0.353. The van der Waals surface area contributed by atoms with Gasteiger partial charge in [0.2, 0.25) is 6.43 Å². The van der Waals surface area contributed by atoms with Gasteiger partial charge in [-0.3, -0.25) is 0 Å². The molecule has 0 saturated carbocycles. The van der Waals surface area contributed by atoms with Crippen LogP contribution >= 0.6 is 0 Å². The molecule has 0 amide bonds. The Bertz CT molecular complexity index is 83.7. The highest BCUT2D eigenvalue weighted by Crippen LogP contribution is 1.95. The molecule has 0 bridgehead atoms. The van der Waals surface area contributed by atoms with E-state index < -0.39 is 6.43 Å². The third-order valence-corrected chi connectivity index (χ3v) is 1.06. The van der Waals surface area contributed by atoms with Crippen LogP contribution in [0, 0.1) is 0 Å². The van der Waals surface area contributed by atoms with E-state index in [2.05, 4.69) is 11.9 Å². The van der Waals surface area contributed by atoms with E-state index in [0.29, 0.717) is 6.54 Å². The lowest BCUT2D eigenvalue weighted by atomic mass is 10.4. The SMILES string of the molecule is C=CCCNCCC(F)F. The van der Waals surface area contributed by atoms with Crippen molar-refractivity contribution in [2.45, 2.75) is 19.3 Å². The molecule has 10 heavy (non-hydrogen) atoms. The fourth-order valence-corrected chi connectivity index (χ4v) is 0.540. The standard InChI is InChI=1S/C7H13F2N/c1-2-3-5-10-6-4-7(8)9/h2,7,10H,1,3-6H2. The Labute approximate surface area is 60.1 Å². The molecule has 0 aliphatic carbocycles. The third-order valence-electron chi connectivity index (χ3n) is 1.06. The van der Waals surface area contributed by atoms with E-state index in [-0.39, 0.29) is 6.42 Å². The summed E-state index contributed by atoms with van der Waals surface area (Å²) in [7, 11) is 0. The van der Waals surface area contributed by atoms with E-state index in [1.807, 2.05) is 0 Å². The molecule has 0 rings (SSSR count). The summed E-state index contributed by atoms with van der Waals surface area (Å²) in [5.41, 5.74) is 0. The Hall–Kier alpha value is -0.440. The number of nitrogens with one attached hydrogen (secondary N) is 1. The average Bonchev–Trinajstić information content (AvgIpc) is 1.87. The Morgan fingerprint density at radius 1 is 1.40 bits per heavy atom. The summed E-state index contributed by atoms with van der Waals surface area (Å²) >= 11 is 0. The molecule has 0 fully saturated rings. The Morgan fingerprint density at radius 2 is 2.10 bits per heavy atom. The van der Waals surface area contributed by atoms with Gasteiger partial charge < -0.3 is 5.32 Å². The molecule has 0 aromatic rings. The molecule has 0 unspecified atom stereocenters. The van der Waals surface area contributed by atoms with Crippen molar-refractivity contribution in [1.29, 1.82) is 0 Å². The van der Waals surface area contributed by atoms with Crippen LogP contribution in [0.25, 0.3) is 0 Å². The summed E-state index contributed by atoms with van der Waals surface area (Å²) in [5.74, 6) is 0. The van der Waals surface area contributed by atoms with E-state index in [4.69, 9.17) is 0 Å². The van der Waals surface area contributed by atoms with Crippen molar-refractivity contribution < 1.29 is 8.78 Å². The van der Waals surface area contributed by atoms with Crippen LogP contribution in [-0.4, -0.2) is 19.5 Å². The van der Waals surface area contributed by atoms with E-state index >= 15 is 0 Å². The first-order chi connectivity index (χ1) is 4.77. The highest BCUT2D eigenvalue weighted by atomic mass is 19.3. The summed E-state index contributed by atoms with van der Waals surface area (Å²) < 4.78 is 23.0. The molecule has 0 aromatic carbocycles. The normalized spacial score (nSPS) is 10.3. The Balaban J connectivity index is 2.83. The van der Waals surface area contributed by atoms with E-state index in [0.717, 1.165) is 13.0 Å². The number of halogens is 2. The minimum Gasteiger partial charge on any atom is -0.316 e. The van der Waals surface area contributed by atoms with Gasteiger partial charge in [0.05, 0.1) is 0 Å². The molecule has 0 saturated heterocycles. The van der Waals surface area contributed by atoms with Crippen molar-refractivity contribution in [2.75, 3.05) is 13.1 Å². The maximum absolute atomic E-state index is 11.5. The minimum absolute atomic E-state index is 0.0584. The summed E-state index contributed by atoms with van der Waals surface area (Å²) in [5, 5.41) is 2.87. The molecule has 3 heteroatoms. The fourth-order valence-electron chi connectivity index (χ4n) is 0.540. The Morgan fingerprint density at radius 3 is 2.60 bits per heavy atom. The topological polar surface area (TPSA) is 12.0 Å². The molecular weight excluding hydrogens is 136 g/mol. The molecule has 60 valence electrons. The highest BCUT2D eigenvalue weighted by molar-refractivity contribution is 4.67. The van der Waals surface area contributed by atoms with Crippen molar-refractivity contribution in [3.63, 3.8) is 0 Å². The van der Waals surface area contributed by atoms with Gasteiger partial charge in [-0.05, 0) is 13.0 Å². The van der Waals surface area contributed by atoms with Crippen molar-refractivity contribution in [3.8, 4) is 0 Å². The van der Waals surface area contributed by atoms with Crippen LogP contribution in [0.2, 0.25) is 0 Å². The Kier molecular flexibility index (Phi) is 6.38. The van der Waals surface area contributed by atoms with Gasteiger partial charge in [-0.15, -0.1) is 6.58 Å². The molecule has 0 radical (unpaired) electrons. The molecule has 1 N–H and O–H groups in total. The molecule has 0 aliphatic rings. The largest absolute Gasteiger partial charge is 0.316 e. The van der Waals surface area contributed by atoms with Crippen molar-refractivity contribution in [3.05, 3.63) is 12.7 Å². The van der Waals surface area contributed by atoms with Gasteiger partial charge in [0.15, 0.2) is 0 Å². The molecule has 0 aromatic heterocycles. The zero-order chi connectivity index (χ0) is 7.82. The summed E-state index contributed by atoms with van der Waals surface area (Å²) in [4.78, 5) is 0. The molecule has 0 heterocycles. The number of rotatable bonds is 6. The molecular formula is C7H13F2N. The fraction of sp³-hybridized carbons (Fsp3) is 0.714. The van der Waals surface area contributed by atoms with Crippen LogP contribution in [0.1, 0.15) is 12.8 Å². The maximum Gasteiger partial charge on any atom is 0.239 e. The number of hydrogen-bond acceptors (Lipinski definition) is 1. The molecule has 0 spiro atoms. The summed E-state index contributed by atoms with van der Waals surface area (Å²) in [6, 6.07) is 0. The van der Waals surface area contributed by atoms with Gasteiger partial charge >= 0.3 is 0 Å². The average molecular weight is 149 g/mol. The van der Waals surface area contributed by atoms with Crippen molar-refractivity contribution >= 4 is 0 Å². The second kappa shape index (κ2) is 6.68. The quantitative estimate of drug-likeness (QED) is 0.448. The first-order valence-electron chi connectivity index (χ1n) is 3.37. The minimum atomic E-state index is -2.18. The van der Waals surface area contributed by atoms with Crippen LogP contribution in [0.5, 0.6) is 0 Å².